The molecule has 1 aromatic rings. The van der Waals surface area contributed by atoms with Crippen molar-refractivity contribution in [2.45, 2.75) is 43.1 Å². The zero-order valence-corrected chi connectivity index (χ0v) is 16.5. The van der Waals surface area contributed by atoms with Gasteiger partial charge < -0.3 is 14.6 Å². The molecule has 3 N–H and O–H groups in total. The molecule has 1 aromatic carbocycles. The standard InChI is InChI=1S/C18H26N2O7S/c1-13-4-2-3-5-15(13)27-14-6-9-20(10-7-14)28(24,25)16-8-11-26-12-18(16,22)17(21)19-23/h2-5,14,16,22-23H,6-12H2,1H3,(H,19,21). The Labute approximate surface area is 164 Å². The maximum atomic E-state index is 13.1. The Kier molecular flexibility index (Phi) is 6.25. The van der Waals surface area contributed by atoms with Gasteiger partial charge in [-0.05, 0) is 37.8 Å². The van der Waals surface area contributed by atoms with E-state index in [1.54, 1.807) is 0 Å². The molecule has 2 saturated heterocycles. The summed E-state index contributed by atoms with van der Waals surface area (Å²) in [5.41, 5.74) is 0.0287. The Morgan fingerprint density at radius 1 is 1.29 bits per heavy atom. The molecule has 2 unspecified atom stereocenters. The van der Waals surface area contributed by atoms with Crippen molar-refractivity contribution in [1.82, 2.24) is 9.79 Å². The highest BCUT2D eigenvalue weighted by Gasteiger charge is 2.54. The first kappa shape index (κ1) is 21.0. The van der Waals surface area contributed by atoms with Gasteiger partial charge in [-0.1, -0.05) is 18.2 Å². The first-order valence-electron chi connectivity index (χ1n) is 9.25. The molecule has 2 heterocycles. The van der Waals surface area contributed by atoms with E-state index in [9.17, 15) is 18.3 Å². The largest absolute Gasteiger partial charge is 0.490 e. The van der Waals surface area contributed by atoms with Crippen LogP contribution in [0.25, 0.3) is 0 Å². The fraction of sp³-hybridized carbons (Fsp3) is 0.611. The van der Waals surface area contributed by atoms with Crippen LogP contribution in [-0.4, -0.2) is 72.2 Å². The van der Waals surface area contributed by atoms with E-state index in [1.807, 2.05) is 31.2 Å². The van der Waals surface area contributed by atoms with E-state index < -0.39 is 33.4 Å². The number of rotatable bonds is 5. The van der Waals surface area contributed by atoms with Gasteiger partial charge in [-0.3, -0.25) is 10.0 Å². The second kappa shape index (κ2) is 8.34. The van der Waals surface area contributed by atoms with Crippen molar-refractivity contribution in [3.63, 3.8) is 0 Å². The van der Waals surface area contributed by atoms with E-state index in [4.69, 9.17) is 14.7 Å². The van der Waals surface area contributed by atoms with Gasteiger partial charge in [0.05, 0.1) is 6.61 Å². The van der Waals surface area contributed by atoms with E-state index in [2.05, 4.69) is 0 Å². The number of hydrogen-bond acceptors (Lipinski definition) is 7. The Morgan fingerprint density at radius 2 is 1.96 bits per heavy atom. The van der Waals surface area contributed by atoms with Crippen LogP contribution in [0, 0.1) is 6.92 Å². The molecule has 2 aliphatic rings. The van der Waals surface area contributed by atoms with Gasteiger partial charge in [-0.2, -0.15) is 0 Å². The summed E-state index contributed by atoms with van der Waals surface area (Å²) in [6.07, 6.45) is 0.858. The lowest BCUT2D eigenvalue weighted by Gasteiger charge is -2.41. The third-order valence-corrected chi connectivity index (χ3v) is 7.81. The highest BCUT2D eigenvalue weighted by molar-refractivity contribution is 7.89. The number of aliphatic hydroxyl groups is 1. The van der Waals surface area contributed by atoms with Crippen molar-refractivity contribution in [3.05, 3.63) is 29.8 Å². The lowest BCUT2D eigenvalue weighted by molar-refractivity contribution is -0.161. The molecule has 2 aliphatic heterocycles. The third-order valence-electron chi connectivity index (χ3n) is 5.38. The van der Waals surface area contributed by atoms with Gasteiger partial charge in [0.25, 0.3) is 5.91 Å². The van der Waals surface area contributed by atoms with Crippen LogP contribution in [0.1, 0.15) is 24.8 Å². The van der Waals surface area contributed by atoms with Gasteiger partial charge >= 0.3 is 0 Å². The molecule has 2 fully saturated rings. The van der Waals surface area contributed by atoms with Crippen LogP contribution in [0.15, 0.2) is 24.3 Å². The fourth-order valence-corrected chi connectivity index (χ4v) is 5.85. The molecular weight excluding hydrogens is 388 g/mol. The minimum absolute atomic E-state index is 0.0358. The molecule has 0 spiro atoms. The number of hydrogen-bond donors (Lipinski definition) is 3. The maximum Gasteiger partial charge on any atom is 0.279 e. The summed E-state index contributed by atoms with van der Waals surface area (Å²) in [4.78, 5) is 11.9. The SMILES string of the molecule is Cc1ccccc1OC1CCN(S(=O)(=O)C2CCOCC2(O)C(=O)NO)CC1. The van der Waals surface area contributed by atoms with Crippen molar-refractivity contribution < 1.29 is 33.0 Å². The molecule has 0 aromatic heterocycles. The summed E-state index contributed by atoms with van der Waals surface area (Å²) in [5, 5.41) is 18.1. The Bertz CT molecular complexity index is 808. The van der Waals surface area contributed by atoms with Crippen molar-refractivity contribution in [2.24, 2.45) is 0 Å². The van der Waals surface area contributed by atoms with Crippen LogP contribution in [0.2, 0.25) is 0 Å². The lowest BCUT2D eigenvalue weighted by Crippen LogP contribution is -2.64. The molecule has 2 atom stereocenters. The molecule has 0 bridgehead atoms. The predicted molar refractivity (Wildman–Crippen MR) is 99.4 cm³/mol. The molecule has 0 saturated carbocycles. The molecular formula is C18H26N2O7S. The topological polar surface area (TPSA) is 125 Å². The number of benzene rings is 1. The van der Waals surface area contributed by atoms with Crippen LogP contribution in [0.3, 0.4) is 0 Å². The smallest absolute Gasteiger partial charge is 0.279 e. The Morgan fingerprint density at radius 3 is 2.61 bits per heavy atom. The van der Waals surface area contributed by atoms with Crippen molar-refractivity contribution >= 4 is 15.9 Å². The van der Waals surface area contributed by atoms with Crippen molar-refractivity contribution in [2.75, 3.05) is 26.3 Å². The number of amides is 1. The number of nitrogens with one attached hydrogen (secondary N) is 1. The number of piperidine rings is 1. The van der Waals surface area contributed by atoms with Crippen LogP contribution in [0.5, 0.6) is 5.75 Å². The first-order valence-corrected chi connectivity index (χ1v) is 10.8. The average molecular weight is 414 g/mol. The molecule has 0 radical (unpaired) electrons. The van der Waals surface area contributed by atoms with Gasteiger partial charge in [0.1, 0.15) is 17.1 Å². The molecule has 9 nitrogen and oxygen atoms in total. The van der Waals surface area contributed by atoms with Crippen molar-refractivity contribution in [1.29, 1.82) is 0 Å². The number of aryl methyl sites for hydroxylation is 1. The van der Waals surface area contributed by atoms with Gasteiger partial charge in [0, 0.05) is 19.7 Å². The number of nitrogens with zero attached hydrogens (tertiary/aromatic N) is 1. The molecule has 0 aliphatic carbocycles. The lowest BCUT2D eigenvalue weighted by atomic mass is 9.95. The molecule has 156 valence electrons. The van der Waals surface area contributed by atoms with E-state index in [1.165, 1.54) is 9.79 Å². The summed E-state index contributed by atoms with van der Waals surface area (Å²) in [7, 11) is -3.98. The van der Waals surface area contributed by atoms with E-state index in [-0.39, 0.29) is 32.2 Å². The van der Waals surface area contributed by atoms with Crippen LogP contribution >= 0.6 is 0 Å². The summed E-state index contributed by atoms with van der Waals surface area (Å²) < 4.78 is 38.6. The quantitative estimate of drug-likeness (QED) is 0.464. The molecule has 10 heteroatoms. The van der Waals surface area contributed by atoms with E-state index >= 15 is 0 Å². The molecule has 1 amide bonds. The monoisotopic (exact) mass is 414 g/mol. The normalized spacial score (nSPS) is 27.3. The second-order valence-electron chi connectivity index (χ2n) is 7.22. The fourth-order valence-electron chi connectivity index (χ4n) is 3.71. The van der Waals surface area contributed by atoms with E-state index in [0.29, 0.717) is 12.8 Å². The summed E-state index contributed by atoms with van der Waals surface area (Å²) >= 11 is 0. The first-order chi connectivity index (χ1) is 13.3. The Balaban J connectivity index is 1.68. The number of carbonyl (C=O) groups excluding carboxylic acids is 1. The zero-order chi connectivity index (χ0) is 20.4. The minimum Gasteiger partial charge on any atom is -0.490 e. The predicted octanol–water partition coefficient (Wildman–Crippen LogP) is 0.193. The van der Waals surface area contributed by atoms with Crippen LogP contribution in [-0.2, 0) is 19.6 Å². The highest BCUT2D eigenvalue weighted by atomic mass is 32.2. The van der Waals surface area contributed by atoms with E-state index in [0.717, 1.165) is 11.3 Å². The van der Waals surface area contributed by atoms with Crippen LogP contribution < -0.4 is 10.2 Å². The van der Waals surface area contributed by atoms with Gasteiger partial charge in [0.2, 0.25) is 10.0 Å². The maximum absolute atomic E-state index is 13.1. The zero-order valence-electron chi connectivity index (χ0n) is 15.7. The van der Waals surface area contributed by atoms with Crippen LogP contribution in [0.4, 0.5) is 0 Å². The summed E-state index contributed by atoms with van der Waals surface area (Å²) in [5.74, 6) is -0.402. The number of carbonyl (C=O) groups is 1. The van der Waals surface area contributed by atoms with Gasteiger partial charge in [0.15, 0.2) is 5.60 Å². The van der Waals surface area contributed by atoms with Gasteiger partial charge in [-0.25, -0.2) is 18.2 Å². The third kappa shape index (κ3) is 4.01. The molecule has 3 rings (SSSR count). The summed E-state index contributed by atoms with van der Waals surface area (Å²) in [6, 6.07) is 7.65. The average Bonchev–Trinajstić information content (AvgIpc) is 2.69. The van der Waals surface area contributed by atoms with Gasteiger partial charge in [-0.15, -0.1) is 0 Å². The number of hydroxylamine groups is 1. The van der Waals surface area contributed by atoms with Crippen molar-refractivity contribution in [3.8, 4) is 5.75 Å². The molecule has 28 heavy (non-hydrogen) atoms. The minimum atomic E-state index is -3.98. The second-order valence-corrected chi connectivity index (χ2v) is 9.34. The highest BCUT2D eigenvalue weighted by Crippen LogP contribution is 2.31. The Hall–Kier alpha value is -1.72. The number of para-hydroxylation sites is 1. The number of sulfonamides is 1. The summed E-state index contributed by atoms with van der Waals surface area (Å²) in [6.45, 7) is 2.03. The number of ether oxygens (including phenoxy) is 2.